The molecule has 2 aliphatic heterocycles. The van der Waals surface area contributed by atoms with Gasteiger partial charge >= 0.3 is 0 Å². The number of pyridine rings is 1. The predicted molar refractivity (Wildman–Crippen MR) is 288 cm³/mol. The summed E-state index contributed by atoms with van der Waals surface area (Å²) in [6.45, 7) is 11.8. The van der Waals surface area contributed by atoms with Crippen molar-refractivity contribution in [2.75, 3.05) is 62.3 Å². The van der Waals surface area contributed by atoms with Crippen LogP contribution in [0, 0.1) is 12.3 Å². The summed E-state index contributed by atoms with van der Waals surface area (Å²) in [7, 11) is -3.30. The fourth-order valence-corrected chi connectivity index (χ4v) is 10.8. The fraction of sp³-hybridized carbons (Fsp3) is 0.426. The number of benzene rings is 3. The van der Waals surface area contributed by atoms with Crippen molar-refractivity contribution in [3.05, 3.63) is 108 Å². The second kappa shape index (κ2) is 23.6. The number of thiazole rings is 1. The van der Waals surface area contributed by atoms with Gasteiger partial charge in [-0.25, -0.2) is 17.9 Å². The highest BCUT2D eigenvalue weighted by Crippen LogP contribution is 2.30. The minimum absolute atomic E-state index is 0.0108. The Hall–Kier alpha value is -6.74. The van der Waals surface area contributed by atoms with Crippen LogP contribution >= 0.6 is 11.3 Å². The summed E-state index contributed by atoms with van der Waals surface area (Å²) in [5, 5.41) is 27.5. The van der Waals surface area contributed by atoms with Gasteiger partial charge in [0.2, 0.25) is 29.6 Å². The number of rotatable bonds is 20. The first-order valence-corrected chi connectivity index (χ1v) is 28.0. The van der Waals surface area contributed by atoms with Gasteiger partial charge in [0.1, 0.15) is 12.1 Å². The molecular formula is C54H67N11O7S2. The van der Waals surface area contributed by atoms with Gasteiger partial charge in [-0.3, -0.25) is 24.1 Å². The zero-order valence-electron chi connectivity index (χ0n) is 42.7. The van der Waals surface area contributed by atoms with Crippen LogP contribution in [0.3, 0.4) is 0 Å². The van der Waals surface area contributed by atoms with E-state index in [2.05, 4.69) is 58.3 Å². The number of hydrogen-bond donors (Lipinski definition) is 5. The highest BCUT2D eigenvalue weighted by atomic mass is 32.2. The molecule has 5 heterocycles. The van der Waals surface area contributed by atoms with Gasteiger partial charge in [-0.2, -0.15) is 4.98 Å². The number of carbonyl (C=O) groups excluding carboxylic acids is 4. The summed E-state index contributed by atoms with van der Waals surface area (Å²) >= 11 is 1.58. The summed E-state index contributed by atoms with van der Waals surface area (Å²) in [4.78, 5) is 69.8. The lowest BCUT2D eigenvalue weighted by Crippen LogP contribution is -2.57. The van der Waals surface area contributed by atoms with Crippen LogP contribution in [-0.4, -0.2) is 137 Å². The third-order valence-corrected chi connectivity index (χ3v) is 15.6. The number of carbonyl (C=O) groups is 4. The van der Waals surface area contributed by atoms with Crippen LogP contribution in [-0.2, 0) is 35.6 Å². The molecule has 0 aliphatic carbocycles. The maximum Gasteiger partial charge on any atom is 0.247 e. The quantitative estimate of drug-likeness (QED) is 0.0557. The van der Waals surface area contributed by atoms with Crippen molar-refractivity contribution >= 4 is 67.8 Å². The molecule has 3 aromatic carbocycles. The van der Waals surface area contributed by atoms with E-state index in [1.165, 1.54) is 11.2 Å². The number of piperazine rings is 1. The molecule has 0 unspecified atom stereocenters. The molecule has 0 radical (unpaired) electrons. The van der Waals surface area contributed by atoms with Crippen molar-refractivity contribution in [1.82, 2.24) is 45.3 Å². The number of anilines is 3. The van der Waals surface area contributed by atoms with Crippen molar-refractivity contribution in [2.24, 2.45) is 5.41 Å². The second-order valence-corrected chi connectivity index (χ2v) is 23.2. The molecule has 20 heteroatoms. The maximum atomic E-state index is 14.0. The largest absolute Gasteiger partial charge is 0.391 e. The molecule has 2 fully saturated rings. The van der Waals surface area contributed by atoms with E-state index in [0.717, 1.165) is 89.8 Å². The second-order valence-electron chi connectivity index (χ2n) is 20.3. The average molecular weight is 1050 g/mol. The standard InChI is InChI=1S/C54H67N11O7S2/c1-36-49(73-35-57-36)39-16-14-37(15-17-39)32-56-51(69)45-31-42(66)33-64(45)52(70)50(54(2,3)4)60-47(67)13-8-6-7-9-26-55-48(68)34-62-27-29-63(30-28-62)41-22-20-40(21-23-41)58-53-59-46-12-10-11-44(65(46)61-53)38-18-24-43(25-19-38)74(5,71)72/h10-12,14-25,35,42,45,50,66H,6-9,13,26-34H2,1-5H3,(H,55,68)(H,56,69)(H,58,61)(H,60,67)/t42-,45+,50-/m1/s1. The molecule has 6 aromatic rings. The van der Waals surface area contributed by atoms with Crippen LogP contribution in [0.25, 0.3) is 27.3 Å². The number of aliphatic hydroxyl groups is 1. The van der Waals surface area contributed by atoms with Crippen LogP contribution in [0.15, 0.2) is 101 Å². The molecule has 18 nitrogen and oxygen atoms in total. The molecule has 4 amide bonds. The molecule has 3 atom stereocenters. The Labute approximate surface area is 436 Å². The summed E-state index contributed by atoms with van der Waals surface area (Å²) in [6.07, 6.45) is 3.72. The van der Waals surface area contributed by atoms with Crippen molar-refractivity contribution in [3.63, 3.8) is 0 Å². The van der Waals surface area contributed by atoms with Crippen molar-refractivity contribution in [2.45, 2.75) is 95.8 Å². The van der Waals surface area contributed by atoms with Gasteiger partial charge in [-0.15, -0.1) is 16.4 Å². The zero-order valence-corrected chi connectivity index (χ0v) is 44.3. The number of nitrogens with one attached hydrogen (secondary N) is 4. The Morgan fingerprint density at radius 2 is 1.54 bits per heavy atom. The number of aromatic nitrogens is 4. The monoisotopic (exact) mass is 1050 g/mol. The lowest BCUT2D eigenvalue weighted by atomic mass is 9.85. The zero-order chi connectivity index (χ0) is 52.6. The van der Waals surface area contributed by atoms with E-state index in [0.29, 0.717) is 31.1 Å². The highest BCUT2D eigenvalue weighted by molar-refractivity contribution is 7.90. The van der Waals surface area contributed by atoms with Crippen LogP contribution < -0.4 is 26.2 Å². The van der Waals surface area contributed by atoms with Crippen molar-refractivity contribution in [1.29, 1.82) is 0 Å². The van der Waals surface area contributed by atoms with E-state index in [4.69, 9.17) is 0 Å². The lowest BCUT2D eigenvalue weighted by Gasteiger charge is -2.35. The number of unbranched alkanes of at least 4 members (excludes halogenated alkanes) is 3. The number of β-amino-alcohol motifs (C(OH)–C–C–N with tert-alkyl or cyclic N) is 1. The van der Waals surface area contributed by atoms with Gasteiger partial charge in [-0.1, -0.05) is 76.1 Å². The van der Waals surface area contributed by atoms with Crippen molar-refractivity contribution in [3.8, 4) is 21.7 Å². The van der Waals surface area contributed by atoms with Gasteiger partial charge in [0.15, 0.2) is 15.5 Å². The van der Waals surface area contributed by atoms with Gasteiger partial charge in [0.05, 0.1) is 39.3 Å². The van der Waals surface area contributed by atoms with E-state index >= 15 is 0 Å². The smallest absolute Gasteiger partial charge is 0.247 e. The fourth-order valence-electron chi connectivity index (χ4n) is 9.36. The van der Waals surface area contributed by atoms with E-state index in [9.17, 15) is 32.7 Å². The SMILES string of the molecule is Cc1ncsc1-c1ccc(CNC(=O)[C@@H]2C[C@@H](O)CN2C(=O)[C@@H](NC(=O)CCCCCCNC(=O)CN2CCN(c3ccc(Nc4nc5cccc(-c6ccc(S(C)(=O)=O)cc6)n5n4)cc3)CC2)C(C)(C)C)cc1. The Balaban J connectivity index is 0.704. The maximum absolute atomic E-state index is 14.0. The van der Waals surface area contributed by atoms with Gasteiger partial charge < -0.3 is 36.2 Å². The molecule has 0 saturated carbocycles. The van der Waals surface area contributed by atoms with E-state index in [1.807, 2.05) is 87.8 Å². The van der Waals surface area contributed by atoms with Crippen LogP contribution in [0.5, 0.6) is 0 Å². The highest BCUT2D eigenvalue weighted by Gasteiger charge is 2.44. The first-order chi connectivity index (χ1) is 35.4. The third kappa shape index (κ3) is 13.7. The van der Waals surface area contributed by atoms with E-state index in [1.54, 1.807) is 40.1 Å². The van der Waals surface area contributed by atoms with Crippen LogP contribution in [0.1, 0.15) is 70.6 Å². The van der Waals surface area contributed by atoms with Gasteiger partial charge in [0.25, 0.3) is 0 Å². The normalized spacial score (nSPS) is 16.8. The van der Waals surface area contributed by atoms with Gasteiger partial charge in [0, 0.05) is 81.8 Å². The van der Waals surface area contributed by atoms with E-state index in [-0.39, 0.29) is 54.5 Å². The van der Waals surface area contributed by atoms with Crippen LogP contribution in [0.4, 0.5) is 17.3 Å². The number of nitrogens with zero attached hydrogens (tertiary/aromatic N) is 7. The predicted octanol–water partition coefficient (Wildman–Crippen LogP) is 5.97. The number of sulfone groups is 1. The number of aryl methyl sites for hydroxylation is 1. The molecule has 2 aliphatic rings. The van der Waals surface area contributed by atoms with Crippen LogP contribution in [0.2, 0.25) is 0 Å². The number of likely N-dealkylation sites (tertiary alicyclic amines) is 1. The number of amides is 4. The summed E-state index contributed by atoms with van der Waals surface area (Å²) < 4.78 is 25.6. The molecule has 0 bridgehead atoms. The summed E-state index contributed by atoms with van der Waals surface area (Å²) in [5.41, 5.74) is 8.25. The van der Waals surface area contributed by atoms with E-state index < -0.39 is 33.4 Å². The first-order valence-electron chi connectivity index (χ1n) is 25.2. The molecule has 0 spiro atoms. The molecule has 74 heavy (non-hydrogen) atoms. The molecule has 3 aromatic heterocycles. The topological polar surface area (TPSA) is 224 Å². The van der Waals surface area contributed by atoms with Gasteiger partial charge in [-0.05, 0) is 84.8 Å². The minimum atomic E-state index is -3.30. The number of fused-ring (bicyclic) bond motifs is 1. The summed E-state index contributed by atoms with van der Waals surface area (Å²) in [6, 6.07) is 26.6. The Bertz CT molecular complexity index is 3020. The number of hydrogen-bond acceptors (Lipinski definition) is 14. The first kappa shape index (κ1) is 53.5. The lowest BCUT2D eigenvalue weighted by molar-refractivity contribution is -0.144. The number of aliphatic hydroxyl groups excluding tert-OH is 1. The molecule has 392 valence electrons. The molecule has 8 rings (SSSR count). The molecule has 2 saturated heterocycles. The third-order valence-electron chi connectivity index (χ3n) is 13.5. The summed E-state index contributed by atoms with van der Waals surface area (Å²) in [5.74, 6) is -0.562. The Kier molecular flexibility index (Phi) is 17.1. The van der Waals surface area contributed by atoms with Crippen molar-refractivity contribution < 1.29 is 32.7 Å². The minimum Gasteiger partial charge on any atom is -0.391 e. The molecule has 5 N–H and O–H groups in total. The molecular weight excluding hydrogens is 979 g/mol. The Morgan fingerprint density at radius 3 is 2.22 bits per heavy atom. The average Bonchev–Trinajstić information content (AvgIpc) is 4.12. The Morgan fingerprint density at radius 1 is 0.838 bits per heavy atom.